The van der Waals surface area contributed by atoms with Gasteiger partial charge in [-0.1, -0.05) is 29.8 Å². The first kappa shape index (κ1) is 12.5. The second-order valence-corrected chi connectivity index (χ2v) is 3.81. The number of halogens is 1. The Hall–Kier alpha value is -1.55. The third kappa shape index (κ3) is 1.88. The summed E-state index contributed by atoms with van der Waals surface area (Å²) < 4.78 is 4.51. The van der Waals surface area contributed by atoms with E-state index in [9.17, 15) is 9.59 Å². The van der Waals surface area contributed by atoms with Crippen LogP contribution in [-0.2, 0) is 19.7 Å². The van der Waals surface area contributed by atoms with E-state index in [-0.39, 0.29) is 10.6 Å². The summed E-state index contributed by atoms with van der Waals surface area (Å²) in [4.78, 5) is 22.8. The molecule has 5 heteroatoms. The SMILES string of the molecule is COC(=O)[C@@](C)(C(=O)O)c1ccccc1Cl. The number of aliphatic carboxylic acids is 1. The number of hydrogen-bond donors (Lipinski definition) is 1. The molecule has 0 bridgehead atoms. The molecule has 0 fully saturated rings. The highest BCUT2D eigenvalue weighted by atomic mass is 35.5. The van der Waals surface area contributed by atoms with Gasteiger partial charge in [-0.2, -0.15) is 0 Å². The number of benzene rings is 1. The second-order valence-electron chi connectivity index (χ2n) is 3.40. The lowest BCUT2D eigenvalue weighted by atomic mass is 9.82. The number of carboxylic acids is 1. The van der Waals surface area contributed by atoms with Crippen molar-refractivity contribution in [1.29, 1.82) is 0 Å². The van der Waals surface area contributed by atoms with Crippen molar-refractivity contribution in [1.82, 2.24) is 0 Å². The molecule has 0 unspecified atom stereocenters. The van der Waals surface area contributed by atoms with Crippen molar-refractivity contribution in [3.63, 3.8) is 0 Å². The molecular weight excluding hydrogens is 232 g/mol. The molecule has 0 saturated carbocycles. The van der Waals surface area contributed by atoms with Gasteiger partial charge in [0.15, 0.2) is 5.41 Å². The van der Waals surface area contributed by atoms with Gasteiger partial charge in [0.2, 0.25) is 0 Å². The van der Waals surface area contributed by atoms with Crippen LogP contribution in [0, 0.1) is 0 Å². The maximum atomic E-state index is 11.6. The molecule has 0 saturated heterocycles. The largest absolute Gasteiger partial charge is 0.480 e. The first-order valence-electron chi connectivity index (χ1n) is 4.51. The van der Waals surface area contributed by atoms with Gasteiger partial charge in [0.25, 0.3) is 0 Å². The van der Waals surface area contributed by atoms with Crippen LogP contribution in [0.5, 0.6) is 0 Å². The van der Waals surface area contributed by atoms with Gasteiger partial charge in [0, 0.05) is 5.02 Å². The molecule has 1 aromatic rings. The fraction of sp³-hybridized carbons (Fsp3) is 0.273. The predicted molar refractivity (Wildman–Crippen MR) is 58.5 cm³/mol. The summed E-state index contributed by atoms with van der Waals surface area (Å²) >= 11 is 5.88. The Morgan fingerprint density at radius 2 is 1.94 bits per heavy atom. The normalized spacial score (nSPS) is 13.9. The molecule has 0 aliphatic heterocycles. The van der Waals surface area contributed by atoms with Crippen LogP contribution in [0.1, 0.15) is 12.5 Å². The van der Waals surface area contributed by atoms with Gasteiger partial charge in [-0.3, -0.25) is 9.59 Å². The number of carboxylic acid groups (broad SMARTS) is 1. The molecule has 1 aromatic carbocycles. The van der Waals surface area contributed by atoms with Gasteiger partial charge in [-0.15, -0.1) is 0 Å². The Balaban J connectivity index is 3.39. The summed E-state index contributed by atoms with van der Waals surface area (Å²) in [5, 5.41) is 9.37. The number of carbonyl (C=O) groups is 2. The zero-order chi connectivity index (χ0) is 12.3. The average molecular weight is 243 g/mol. The van der Waals surface area contributed by atoms with Crippen molar-refractivity contribution in [2.75, 3.05) is 7.11 Å². The number of methoxy groups -OCH3 is 1. The fourth-order valence-electron chi connectivity index (χ4n) is 1.38. The van der Waals surface area contributed by atoms with Crippen LogP contribution < -0.4 is 0 Å². The molecular formula is C11H11ClO4. The summed E-state index contributed by atoms with van der Waals surface area (Å²) in [5.41, 5.74) is -1.57. The maximum absolute atomic E-state index is 11.6. The molecule has 1 atom stereocenters. The third-order valence-corrected chi connectivity index (χ3v) is 2.76. The van der Waals surface area contributed by atoms with Gasteiger partial charge in [0.05, 0.1) is 7.11 Å². The van der Waals surface area contributed by atoms with Crippen molar-refractivity contribution < 1.29 is 19.4 Å². The number of hydrogen-bond acceptors (Lipinski definition) is 3. The number of ether oxygens (including phenoxy) is 1. The molecule has 0 aliphatic rings. The van der Waals surface area contributed by atoms with E-state index in [0.29, 0.717) is 0 Å². The summed E-state index contributed by atoms with van der Waals surface area (Å²) in [7, 11) is 1.14. The van der Waals surface area contributed by atoms with Crippen LogP contribution in [0.25, 0.3) is 0 Å². The molecule has 0 aromatic heterocycles. The van der Waals surface area contributed by atoms with Crippen LogP contribution >= 0.6 is 11.6 Å². The van der Waals surface area contributed by atoms with Crippen LogP contribution in [0.3, 0.4) is 0 Å². The maximum Gasteiger partial charge on any atom is 0.327 e. The fourth-order valence-corrected chi connectivity index (χ4v) is 1.71. The Bertz CT molecular complexity index is 430. The zero-order valence-corrected chi connectivity index (χ0v) is 9.62. The van der Waals surface area contributed by atoms with Gasteiger partial charge in [-0.25, -0.2) is 0 Å². The first-order chi connectivity index (χ1) is 7.44. The quantitative estimate of drug-likeness (QED) is 0.649. The van der Waals surface area contributed by atoms with Crippen molar-refractivity contribution in [2.24, 2.45) is 0 Å². The minimum Gasteiger partial charge on any atom is -0.480 e. The van der Waals surface area contributed by atoms with E-state index in [1.807, 2.05) is 0 Å². The van der Waals surface area contributed by atoms with E-state index in [1.54, 1.807) is 12.1 Å². The summed E-state index contributed by atoms with van der Waals surface area (Å²) in [5.74, 6) is -2.15. The molecule has 0 amide bonds. The highest BCUT2D eigenvalue weighted by Crippen LogP contribution is 2.31. The first-order valence-corrected chi connectivity index (χ1v) is 4.89. The van der Waals surface area contributed by atoms with Crippen LogP contribution in [0.4, 0.5) is 0 Å². The van der Waals surface area contributed by atoms with Gasteiger partial charge in [-0.05, 0) is 18.6 Å². The van der Waals surface area contributed by atoms with E-state index in [2.05, 4.69) is 4.74 Å². The average Bonchev–Trinajstić information content (AvgIpc) is 2.27. The van der Waals surface area contributed by atoms with E-state index in [1.165, 1.54) is 19.1 Å². The van der Waals surface area contributed by atoms with Crippen LogP contribution in [0.2, 0.25) is 5.02 Å². The molecule has 1 rings (SSSR count). The van der Waals surface area contributed by atoms with E-state index >= 15 is 0 Å². The third-order valence-electron chi connectivity index (χ3n) is 2.43. The van der Waals surface area contributed by atoms with E-state index < -0.39 is 17.4 Å². The monoisotopic (exact) mass is 242 g/mol. The van der Waals surface area contributed by atoms with Crippen LogP contribution in [0.15, 0.2) is 24.3 Å². The summed E-state index contributed by atoms with van der Waals surface area (Å²) in [6.07, 6.45) is 0. The zero-order valence-electron chi connectivity index (χ0n) is 8.86. The predicted octanol–water partition coefficient (Wildman–Crippen LogP) is 1.86. The second kappa shape index (κ2) is 4.53. The van der Waals surface area contributed by atoms with Crippen molar-refractivity contribution in [3.8, 4) is 0 Å². The Morgan fingerprint density at radius 3 is 2.38 bits per heavy atom. The van der Waals surface area contributed by atoms with Crippen molar-refractivity contribution in [3.05, 3.63) is 34.9 Å². The van der Waals surface area contributed by atoms with E-state index in [0.717, 1.165) is 7.11 Å². The minimum atomic E-state index is -1.78. The van der Waals surface area contributed by atoms with Gasteiger partial charge >= 0.3 is 11.9 Å². The molecule has 1 N–H and O–H groups in total. The topological polar surface area (TPSA) is 63.6 Å². The van der Waals surface area contributed by atoms with Gasteiger partial charge in [0.1, 0.15) is 0 Å². The number of esters is 1. The molecule has 4 nitrogen and oxygen atoms in total. The summed E-state index contributed by atoms with van der Waals surface area (Å²) in [6.45, 7) is 1.27. The molecule has 0 aliphatic carbocycles. The lowest BCUT2D eigenvalue weighted by molar-refractivity contribution is -0.158. The molecule has 16 heavy (non-hydrogen) atoms. The van der Waals surface area contributed by atoms with Gasteiger partial charge < -0.3 is 9.84 Å². The Labute approximate surface area is 97.8 Å². The molecule has 0 heterocycles. The summed E-state index contributed by atoms with van der Waals surface area (Å²) in [6, 6.07) is 6.30. The molecule has 0 spiro atoms. The van der Waals surface area contributed by atoms with Crippen molar-refractivity contribution in [2.45, 2.75) is 12.3 Å². The Morgan fingerprint density at radius 1 is 1.38 bits per heavy atom. The van der Waals surface area contributed by atoms with E-state index in [4.69, 9.17) is 16.7 Å². The number of carbonyl (C=O) groups excluding carboxylic acids is 1. The van der Waals surface area contributed by atoms with Crippen LogP contribution in [-0.4, -0.2) is 24.2 Å². The number of rotatable bonds is 3. The lowest BCUT2D eigenvalue weighted by Crippen LogP contribution is -2.42. The highest BCUT2D eigenvalue weighted by molar-refractivity contribution is 6.32. The molecule has 0 radical (unpaired) electrons. The smallest absolute Gasteiger partial charge is 0.327 e. The lowest BCUT2D eigenvalue weighted by Gasteiger charge is -2.23. The minimum absolute atomic E-state index is 0.219. The standard InChI is InChI=1S/C11H11ClO4/c1-11(9(13)14,10(15)16-2)7-5-3-4-6-8(7)12/h3-6H,1-2H3,(H,13,14)/t11-/m1/s1. The highest BCUT2D eigenvalue weighted by Gasteiger charge is 2.45. The Kier molecular flexibility index (Phi) is 3.55. The molecule has 86 valence electrons. The van der Waals surface area contributed by atoms with Crippen molar-refractivity contribution >= 4 is 23.5 Å².